The van der Waals surface area contributed by atoms with Gasteiger partial charge < -0.3 is 9.88 Å². The molecule has 28 heavy (non-hydrogen) atoms. The molecule has 0 fully saturated rings. The number of hydrogen-bond acceptors (Lipinski definition) is 3. The van der Waals surface area contributed by atoms with Crippen molar-refractivity contribution < 1.29 is 9.18 Å². The molecule has 0 bridgehead atoms. The zero-order valence-electron chi connectivity index (χ0n) is 15.7. The third-order valence-electron chi connectivity index (χ3n) is 4.78. The smallest absolute Gasteiger partial charge is 0.255 e. The van der Waals surface area contributed by atoms with E-state index in [-0.39, 0.29) is 11.7 Å². The summed E-state index contributed by atoms with van der Waals surface area (Å²) in [6, 6.07) is 13.9. The quantitative estimate of drug-likeness (QED) is 0.578. The highest BCUT2D eigenvalue weighted by molar-refractivity contribution is 5.95. The highest BCUT2D eigenvalue weighted by Crippen LogP contribution is 2.17. The maximum absolute atomic E-state index is 13.1. The second kappa shape index (κ2) is 7.26. The fraction of sp³-hybridized carbons (Fsp3) is 0.190. The molecule has 0 atom stereocenters. The van der Waals surface area contributed by atoms with E-state index in [0.717, 1.165) is 23.4 Å². The topological polar surface area (TPSA) is 64.7 Å². The zero-order chi connectivity index (χ0) is 19.7. The number of nitrogens with one attached hydrogen (secondary N) is 1. The van der Waals surface area contributed by atoms with Crippen LogP contribution in [0, 0.1) is 12.7 Å². The first-order valence-electron chi connectivity index (χ1n) is 9.11. The summed E-state index contributed by atoms with van der Waals surface area (Å²) < 4.78 is 16.8. The van der Waals surface area contributed by atoms with Crippen LogP contribution in [-0.4, -0.2) is 25.2 Å². The lowest BCUT2D eigenvalue weighted by Gasteiger charge is -2.08. The lowest BCUT2D eigenvalue weighted by Crippen LogP contribution is -2.25. The molecule has 0 saturated carbocycles. The van der Waals surface area contributed by atoms with Crippen molar-refractivity contribution in [3.8, 4) is 5.69 Å². The minimum Gasteiger partial charge on any atom is -0.345 e. The lowest BCUT2D eigenvalue weighted by atomic mass is 10.2. The Labute approximate surface area is 161 Å². The van der Waals surface area contributed by atoms with Gasteiger partial charge in [0, 0.05) is 6.54 Å². The monoisotopic (exact) mass is 377 g/mol. The second-order valence-electron chi connectivity index (χ2n) is 6.48. The van der Waals surface area contributed by atoms with Crippen molar-refractivity contribution in [2.24, 2.45) is 0 Å². The Morgan fingerprint density at radius 3 is 2.64 bits per heavy atom. The highest BCUT2D eigenvalue weighted by Gasteiger charge is 2.16. The van der Waals surface area contributed by atoms with Crippen molar-refractivity contribution in [2.45, 2.75) is 26.9 Å². The molecular formula is C21H20FN5O. The summed E-state index contributed by atoms with van der Waals surface area (Å²) in [5, 5.41) is 7.20. The van der Waals surface area contributed by atoms with Crippen LogP contribution in [0.15, 0.2) is 54.7 Å². The van der Waals surface area contributed by atoms with Crippen molar-refractivity contribution in [2.75, 3.05) is 0 Å². The molecule has 2 aromatic carbocycles. The van der Waals surface area contributed by atoms with Crippen molar-refractivity contribution in [3.05, 3.63) is 77.6 Å². The van der Waals surface area contributed by atoms with Crippen molar-refractivity contribution in [1.82, 2.24) is 24.6 Å². The predicted molar refractivity (Wildman–Crippen MR) is 105 cm³/mol. The average Bonchev–Trinajstić information content (AvgIpc) is 3.26. The molecule has 6 nitrogen and oxygen atoms in total. The first kappa shape index (κ1) is 17.9. The van der Waals surface area contributed by atoms with Crippen LogP contribution < -0.4 is 5.32 Å². The van der Waals surface area contributed by atoms with E-state index in [4.69, 9.17) is 0 Å². The summed E-state index contributed by atoms with van der Waals surface area (Å²) in [6.07, 6.45) is 1.52. The number of carbonyl (C=O) groups is 1. The molecule has 1 N–H and O–H groups in total. The summed E-state index contributed by atoms with van der Waals surface area (Å²) in [5.41, 5.74) is 3.82. The van der Waals surface area contributed by atoms with Gasteiger partial charge in [0.15, 0.2) is 0 Å². The SMILES string of the molecule is CCn1c(CNC(=O)c2cnn(-c3ccc(F)cc3)c2C)nc2ccccc21. The van der Waals surface area contributed by atoms with Gasteiger partial charge in [-0.3, -0.25) is 4.79 Å². The molecule has 2 aromatic heterocycles. The van der Waals surface area contributed by atoms with E-state index in [1.54, 1.807) is 16.8 Å². The van der Waals surface area contributed by atoms with Gasteiger partial charge in [0.2, 0.25) is 0 Å². The first-order valence-corrected chi connectivity index (χ1v) is 9.11. The van der Waals surface area contributed by atoms with Crippen molar-refractivity contribution in [1.29, 1.82) is 0 Å². The predicted octanol–water partition coefficient (Wildman–Crippen LogP) is 3.62. The average molecular weight is 377 g/mol. The molecule has 0 aliphatic carbocycles. The third-order valence-corrected chi connectivity index (χ3v) is 4.78. The van der Waals surface area contributed by atoms with Crippen molar-refractivity contribution >= 4 is 16.9 Å². The summed E-state index contributed by atoms with van der Waals surface area (Å²) >= 11 is 0. The highest BCUT2D eigenvalue weighted by atomic mass is 19.1. The molecular weight excluding hydrogens is 357 g/mol. The van der Waals surface area contributed by atoms with E-state index >= 15 is 0 Å². The van der Waals surface area contributed by atoms with E-state index in [1.165, 1.54) is 18.3 Å². The largest absolute Gasteiger partial charge is 0.345 e. The van der Waals surface area contributed by atoms with Gasteiger partial charge in [0.05, 0.1) is 40.7 Å². The number of benzene rings is 2. The number of amides is 1. The number of carbonyl (C=O) groups excluding carboxylic acids is 1. The molecule has 1 amide bonds. The molecule has 0 spiro atoms. The van der Waals surface area contributed by atoms with Crippen LogP contribution in [0.5, 0.6) is 0 Å². The van der Waals surface area contributed by atoms with Gasteiger partial charge in [-0.25, -0.2) is 14.1 Å². The third kappa shape index (κ3) is 3.15. The molecule has 0 saturated heterocycles. The molecule has 2 heterocycles. The molecule has 0 radical (unpaired) electrons. The van der Waals surface area contributed by atoms with Gasteiger partial charge in [0.25, 0.3) is 5.91 Å². The van der Waals surface area contributed by atoms with Crippen LogP contribution in [0.2, 0.25) is 0 Å². The van der Waals surface area contributed by atoms with Gasteiger partial charge in [0.1, 0.15) is 11.6 Å². The Hall–Kier alpha value is -3.48. The van der Waals surface area contributed by atoms with E-state index in [9.17, 15) is 9.18 Å². The molecule has 0 aliphatic heterocycles. The minimum atomic E-state index is -0.315. The van der Waals surface area contributed by atoms with Crippen LogP contribution in [0.25, 0.3) is 16.7 Å². The fourth-order valence-electron chi connectivity index (χ4n) is 3.34. The van der Waals surface area contributed by atoms with Crippen LogP contribution in [0.4, 0.5) is 4.39 Å². The lowest BCUT2D eigenvalue weighted by molar-refractivity contribution is 0.0949. The number of imidazole rings is 1. The second-order valence-corrected chi connectivity index (χ2v) is 6.48. The van der Waals surface area contributed by atoms with Gasteiger partial charge in [-0.15, -0.1) is 0 Å². The Morgan fingerprint density at radius 1 is 1.14 bits per heavy atom. The number of hydrogen-bond donors (Lipinski definition) is 1. The summed E-state index contributed by atoms with van der Waals surface area (Å²) in [5.74, 6) is 0.270. The molecule has 7 heteroatoms. The Bertz CT molecular complexity index is 1140. The summed E-state index contributed by atoms with van der Waals surface area (Å²) in [4.78, 5) is 17.3. The first-order chi connectivity index (χ1) is 13.6. The number of aromatic nitrogens is 4. The normalized spacial score (nSPS) is 11.1. The van der Waals surface area contributed by atoms with E-state index in [1.807, 2.05) is 31.2 Å². The number of para-hydroxylation sites is 2. The van der Waals surface area contributed by atoms with Gasteiger partial charge in [-0.05, 0) is 50.2 Å². The fourth-order valence-corrected chi connectivity index (χ4v) is 3.34. The van der Waals surface area contributed by atoms with Crippen molar-refractivity contribution in [3.63, 3.8) is 0 Å². The van der Waals surface area contributed by atoms with Gasteiger partial charge >= 0.3 is 0 Å². The maximum atomic E-state index is 13.1. The van der Waals surface area contributed by atoms with Crippen LogP contribution in [0.3, 0.4) is 0 Å². The minimum absolute atomic E-state index is 0.222. The van der Waals surface area contributed by atoms with E-state index in [2.05, 4.69) is 26.9 Å². The molecule has 4 rings (SSSR count). The van der Waals surface area contributed by atoms with Crippen LogP contribution >= 0.6 is 0 Å². The Morgan fingerprint density at radius 2 is 1.89 bits per heavy atom. The maximum Gasteiger partial charge on any atom is 0.255 e. The molecule has 142 valence electrons. The Kier molecular flexibility index (Phi) is 4.65. The molecule has 4 aromatic rings. The number of rotatable bonds is 5. The number of halogens is 1. The number of aryl methyl sites for hydroxylation is 1. The van der Waals surface area contributed by atoms with Crippen LogP contribution in [-0.2, 0) is 13.1 Å². The van der Waals surface area contributed by atoms with Gasteiger partial charge in [-0.2, -0.15) is 5.10 Å². The molecule has 0 unspecified atom stereocenters. The van der Waals surface area contributed by atoms with E-state index in [0.29, 0.717) is 23.5 Å². The zero-order valence-corrected chi connectivity index (χ0v) is 15.7. The van der Waals surface area contributed by atoms with E-state index < -0.39 is 0 Å². The standard InChI is InChI=1S/C21H20FN5O/c1-3-26-19-7-5-4-6-18(19)25-20(26)13-23-21(28)17-12-24-27(14(17)2)16-10-8-15(22)9-11-16/h4-12H,3,13H2,1-2H3,(H,23,28). The number of nitrogens with zero attached hydrogens (tertiary/aromatic N) is 4. The summed E-state index contributed by atoms with van der Waals surface area (Å²) in [7, 11) is 0. The van der Waals surface area contributed by atoms with Gasteiger partial charge in [-0.1, -0.05) is 12.1 Å². The van der Waals surface area contributed by atoms with Crippen LogP contribution in [0.1, 0.15) is 28.8 Å². The summed E-state index contributed by atoms with van der Waals surface area (Å²) in [6.45, 7) is 4.96. The number of fused-ring (bicyclic) bond motifs is 1. The Balaban J connectivity index is 1.54. The molecule has 0 aliphatic rings.